The van der Waals surface area contributed by atoms with Crippen molar-refractivity contribution < 1.29 is 0 Å². The molecule has 9 heavy (non-hydrogen) atoms. The Labute approximate surface area is 57.8 Å². The molecule has 1 nitrogen and oxygen atoms in total. The molecule has 0 radical (unpaired) electrons. The maximum Gasteiger partial charge on any atom is -0.00181 e. The molecule has 0 aromatic heterocycles. The van der Waals surface area contributed by atoms with Crippen LogP contribution in [0.2, 0.25) is 0 Å². The molecule has 1 unspecified atom stereocenters. The van der Waals surface area contributed by atoms with Crippen LogP contribution < -0.4 is 5.32 Å². The molecule has 0 bridgehead atoms. The quantitative estimate of drug-likeness (QED) is 0.564. The van der Waals surface area contributed by atoms with Gasteiger partial charge in [0.25, 0.3) is 0 Å². The SMILES string of the molecule is CC(C)C1CCCNC1. The van der Waals surface area contributed by atoms with E-state index in [1.807, 2.05) is 0 Å². The zero-order chi connectivity index (χ0) is 6.69. The van der Waals surface area contributed by atoms with E-state index in [4.69, 9.17) is 0 Å². The minimum atomic E-state index is 0.873. The molecule has 0 aromatic carbocycles. The van der Waals surface area contributed by atoms with Crippen LogP contribution in [0.4, 0.5) is 0 Å². The molecule has 1 heteroatoms. The van der Waals surface area contributed by atoms with Gasteiger partial charge in [-0.3, -0.25) is 0 Å². The van der Waals surface area contributed by atoms with Crippen LogP contribution in [0.3, 0.4) is 0 Å². The first-order valence-corrected chi connectivity index (χ1v) is 4.01. The van der Waals surface area contributed by atoms with Crippen LogP contribution >= 0.6 is 0 Å². The molecule has 0 spiro atoms. The second kappa shape index (κ2) is 3.21. The van der Waals surface area contributed by atoms with Gasteiger partial charge in [0.15, 0.2) is 0 Å². The van der Waals surface area contributed by atoms with E-state index in [1.165, 1.54) is 25.9 Å². The van der Waals surface area contributed by atoms with Crippen LogP contribution in [0.5, 0.6) is 0 Å². The van der Waals surface area contributed by atoms with Crippen molar-refractivity contribution in [3.63, 3.8) is 0 Å². The molecule has 0 saturated carbocycles. The molecule has 1 N–H and O–H groups in total. The molecule has 1 atom stereocenters. The van der Waals surface area contributed by atoms with Crippen LogP contribution in [-0.2, 0) is 0 Å². The van der Waals surface area contributed by atoms with Gasteiger partial charge >= 0.3 is 0 Å². The van der Waals surface area contributed by atoms with Crippen molar-refractivity contribution in [3.05, 3.63) is 0 Å². The monoisotopic (exact) mass is 127 g/mol. The van der Waals surface area contributed by atoms with Crippen molar-refractivity contribution in [1.82, 2.24) is 5.32 Å². The predicted octanol–water partition coefficient (Wildman–Crippen LogP) is 1.64. The Bertz CT molecular complexity index is 72.6. The largest absolute Gasteiger partial charge is 0.316 e. The lowest BCUT2D eigenvalue weighted by Crippen LogP contribution is -2.32. The topological polar surface area (TPSA) is 12.0 Å². The first-order chi connectivity index (χ1) is 4.30. The molecule has 0 aliphatic carbocycles. The Morgan fingerprint density at radius 2 is 2.22 bits per heavy atom. The third-order valence-corrected chi connectivity index (χ3v) is 2.28. The zero-order valence-corrected chi connectivity index (χ0v) is 6.48. The fourth-order valence-corrected chi connectivity index (χ4v) is 1.45. The fraction of sp³-hybridized carbons (Fsp3) is 1.00. The average molecular weight is 127 g/mol. The van der Waals surface area contributed by atoms with E-state index in [0.717, 1.165) is 11.8 Å². The molecule has 1 heterocycles. The third kappa shape index (κ3) is 1.98. The van der Waals surface area contributed by atoms with Crippen molar-refractivity contribution in [2.75, 3.05) is 13.1 Å². The summed E-state index contributed by atoms with van der Waals surface area (Å²) in [5.74, 6) is 1.82. The Hall–Kier alpha value is -0.0400. The number of nitrogens with one attached hydrogen (secondary N) is 1. The number of hydrogen-bond acceptors (Lipinski definition) is 1. The van der Waals surface area contributed by atoms with Crippen LogP contribution in [0.15, 0.2) is 0 Å². The van der Waals surface area contributed by atoms with E-state index in [1.54, 1.807) is 0 Å². The minimum absolute atomic E-state index is 0.873. The first kappa shape index (κ1) is 7.07. The van der Waals surface area contributed by atoms with Gasteiger partial charge < -0.3 is 5.32 Å². The summed E-state index contributed by atoms with van der Waals surface area (Å²) in [5.41, 5.74) is 0. The zero-order valence-electron chi connectivity index (χ0n) is 6.48. The van der Waals surface area contributed by atoms with E-state index >= 15 is 0 Å². The summed E-state index contributed by atoms with van der Waals surface area (Å²) in [4.78, 5) is 0. The lowest BCUT2D eigenvalue weighted by Gasteiger charge is -2.25. The molecule has 1 aliphatic heterocycles. The summed E-state index contributed by atoms with van der Waals surface area (Å²) in [5, 5.41) is 3.42. The fourth-order valence-electron chi connectivity index (χ4n) is 1.45. The molecule has 1 fully saturated rings. The Balaban J connectivity index is 2.23. The highest BCUT2D eigenvalue weighted by Crippen LogP contribution is 2.18. The summed E-state index contributed by atoms with van der Waals surface area (Å²) in [6, 6.07) is 0. The van der Waals surface area contributed by atoms with Gasteiger partial charge in [0.1, 0.15) is 0 Å². The molecule has 54 valence electrons. The molecular formula is C8H17N. The standard InChI is InChI=1S/C8H17N/c1-7(2)8-4-3-5-9-6-8/h7-9H,3-6H2,1-2H3. The normalized spacial score (nSPS) is 29.0. The van der Waals surface area contributed by atoms with Crippen molar-refractivity contribution in [3.8, 4) is 0 Å². The summed E-state index contributed by atoms with van der Waals surface area (Å²) >= 11 is 0. The van der Waals surface area contributed by atoms with E-state index in [0.29, 0.717) is 0 Å². The summed E-state index contributed by atoms with van der Waals surface area (Å²) in [6.07, 6.45) is 2.81. The Morgan fingerprint density at radius 1 is 1.44 bits per heavy atom. The molecule has 1 aliphatic rings. The molecule has 1 saturated heterocycles. The summed E-state index contributed by atoms with van der Waals surface area (Å²) in [6.45, 7) is 7.12. The molecule has 0 aromatic rings. The molecule has 1 rings (SSSR count). The summed E-state index contributed by atoms with van der Waals surface area (Å²) < 4.78 is 0. The van der Waals surface area contributed by atoms with Gasteiger partial charge in [-0.25, -0.2) is 0 Å². The Morgan fingerprint density at radius 3 is 2.56 bits per heavy atom. The lowest BCUT2D eigenvalue weighted by atomic mass is 9.89. The average Bonchev–Trinajstić information content (AvgIpc) is 1.90. The number of rotatable bonds is 1. The van der Waals surface area contributed by atoms with Gasteiger partial charge in [0.05, 0.1) is 0 Å². The smallest absolute Gasteiger partial charge is 0.00181 e. The van der Waals surface area contributed by atoms with Gasteiger partial charge in [-0.15, -0.1) is 0 Å². The number of hydrogen-bond donors (Lipinski definition) is 1. The first-order valence-electron chi connectivity index (χ1n) is 4.01. The maximum atomic E-state index is 3.42. The second-order valence-electron chi connectivity index (χ2n) is 3.35. The van der Waals surface area contributed by atoms with Gasteiger partial charge in [0.2, 0.25) is 0 Å². The summed E-state index contributed by atoms with van der Waals surface area (Å²) in [7, 11) is 0. The van der Waals surface area contributed by atoms with Crippen molar-refractivity contribution >= 4 is 0 Å². The second-order valence-corrected chi connectivity index (χ2v) is 3.35. The van der Waals surface area contributed by atoms with Gasteiger partial charge in [-0.1, -0.05) is 13.8 Å². The molecule has 0 amide bonds. The van der Waals surface area contributed by atoms with Crippen molar-refractivity contribution in [2.24, 2.45) is 11.8 Å². The van der Waals surface area contributed by atoms with E-state index in [9.17, 15) is 0 Å². The predicted molar refractivity (Wildman–Crippen MR) is 40.4 cm³/mol. The van der Waals surface area contributed by atoms with Gasteiger partial charge in [0, 0.05) is 0 Å². The van der Waals surface area contributed by atoms with Crippen LogP contribution in [0, 0.1) is 11.8 Å². The van der Waals surface area contributed by atoms with Crippen LogP contribution in [-0.4, -0.2) is 13.1 Å². The van der Waals surface area contributed by atoms with Gasteiger partial charge in [-0.2, -0.15) is 0 Å². The highest BCUT2D eigenvalue weighted by atomic mass is 14.9. The van der Waals surface area contributed by atoms with E-state index < -0.39 is 0 Å². The van der Waals surface area contributed by atoms with Crippen molar-refractivity contribution in [2.45, 2.75) is 26.7 Å². The van der Waals surface area contributed by atoms with Crippen LogP contribution in [0.25, 0.3) is 0 Å². The van der Waals surface area contributed by atoms with E-state index in [2.05, 4.69) is 19.2 Å². The third-order valence-electron chi connectivity index (χ3n) is 2.28. The highest BCUT2D eigenvalue weighted by molar-refractivity contribution is 4.70. The lowest BCUT2D eigenvalue weighted by molar-refractivity contribution is 0.296. The Kier molecular flexibility index (Phi) is 2.52. The van der Waals surface area contributed by atoms with Crippen LogP contribution in [0.1, 0.15) is 26.7 Å². The maximum absolute atomic E-state index is 3.42. The van der Waals surface area contributed by atoms with E-state index in [-0.39, 0.29) is 0 Å². The number of piperidine rings is 1. The minimum Gasteiger partial charge on any atom is -0.316 e. The molecular weight excluding hydrogens is 110 g/mol. The highest BCUT2D eigenvalue weighted by Gasteiger charge is 2.15. The van der Waals surface area contributed by atoms with Gasteiger partial charge in [-0.05, 0) is 37.8 Å². The van der Waals surface area contributed by atoms with Crippen molar-refractivity contribution in [1.29, 1.82) is 0 Å².